The fourth-order valence-electron chi connectivity index (χ4n) is 5.06. The SMILES string of the molecule is CC(C)=CCC/C(C)=C/CC/C(C)=C/CC/C=C(\C)CC/C=C(\C)CC12OP(=O)(O/C1=C(/C)C13OP(=O)(O1)O3)O2. The van der Waals surface area contributed by atoms with Gasteiger partial charge in [0, 0.05) is 6.42 Å². The fraction of sp³-hybridized carbons (Fsp3) is 0.600. The van der Waals surface area contributed by atoms with Crippen LogP contribution in [0.2, 0.25) is 0 Å². The van der Waals surface area contributed by atoms with E-state index in [0.717, 1.165) is 56.9 Å². The van der Waals surface area contributed by atoms with Crippen LogP contribution in [0, 0.1) is 0 Å². The van der Waals surface area contributed by atoms with Crippen LogP contribution in [0.4, 0.5) is 0 Å². The van der Waals surface area contributed by atoms with Gasteiger partial charge in [-0.3, -0.25) is 0 Å². The molecule has 6 rings (SSSR count). The van der Waals surface area contributed by atoms with Gasteiger partial charge in [-0.25, -0.2) is 31.7 Å². The smallest absolute Gasteiger partial charge is 0.402 e. The van der Waals surface area contributed by atoms with Crippen molar-refractivity contribution in [3.8, 4) is 0 Å². The van der Waals surface area contributed by atoms with Crippen molar-refractivity contribution in [3.05, 3.63) is 69.6 Å². The van der Waals surface area contributed by atoms with Crippen molar-refractivity contribution in [2.24, 2.45) is 0 Å². The molecule has 6 aliphatic heterocycles. The van der Waals surface area contributed by atoms with Gasteiger partial charge in [0.1, 0.15) is 0 Å². The number of phosphoric ester groups is 2. The Morgan fingerprint density at radius 3 is 1.52 bits per heavy atom. The molecular formula is C30H44O8P2. The molecule has 6 aliphatic rings. The molecule has 0 aliphatic carbocycles. The van der Waals surface area contributed by atoms with Crippen molar-refractivity contribution < 1.29 is 36.3 Å². The zero-order chi connectivity index (χ0) is 29.2. The lowest BCUT2D eigenvalue weighted by atomic mass is 9.99. The largest absolute Gasteiger partial charge is 0.535 e. The molecule has 40 heavy (non-hydrogen) atoms. The molecule has 0 radical (unpaired) electrons. The average Bonchev–Trinajstić information content (AvgIpc) is 3.25. The third-order valence-electron chi connectivity index (χ3n) is 7.38. The Balaban J connectivity index is 1.17. The third-order valence-corrected chi connectivity index (χ3v) is 10.2. The first-order valence-corrected chi connectivity index (χ1v) is 17.1. The van der Waals surface area contributed by atoms with E-state index in [1.54, 1.807) is 6.92 Å². The lowest BCUT2D eigenvalue weighted by molar-refractivity contribution is -0.405. The molecule has 10 heteroatoms. The molecule has 4 bridgehead atoms. The number of fused-ring (bicyclic) bond motifs is 1. The fourth-order valence-corrected chi connectivity index (χ4v) is 8.00. The number of allylic oxidation sites excluding steroid dienone is 9. The molecule has 0 spiro atoms. The Bertz CT molecular complexity index is 1240. The standard InChI is InChI=1S/C30H44O8P2/c1-22(2)13-10-16-25(5)18-11-17-23(3)14-8-9-15-24(4)19-12-20-26(6)21-29-28(33-39(31,34-29)35-29)27(7)30-36-40(32,37-30)38-30/h13-15,18,20H,8-12,16-17,19,21H2,1-7H3/b23-14+,24-15+,25-18+,26-20+,28-27-. The van der Waals surface area contributed by atoms with Crippen molar-refractivity contribution in [1.29, 1.82) is 0 Å². The van der Waals surface area contributed by atoms with Gasteiger partial charge < -0.3 is 4.52 Å². The van der Waals surface area contributed by atoms with Crippen molar-refractivity contribution in [3.63, 3.8) is 0 Å². The molecular weight excluding hydrogens is 550 g/mol. The predicted octanol–water partition coefficient (Wildman–Crippen LogP) is 10.2. The van der Waals surface area contributed by atoms with Gasteiger partial charge in [-0.05, 0) is 99.8 Å². The zero-order valence-corrected chi connectivity index (χ0v) is 26.7. The van der Waals surface area contributed by atoms with Crippen molar-refractivity contribution in [2.45, 2.75) is 118 Å². The summed E-state index contributed by atoms with van der Waals surface area (Å²) in [4.78, 5) is 0. The molecule has 6 heterocycles. The van der Waals surface area contributed by atoms with Crippen LogP contribution in [0.15, 0.2) is 69.6 Å². The van der Waals surface area contributed by atoms with Crippen LogP contribution in [-0.4, -0.2) is 11.8 Å². The molecule has 0 saturated carbocycles. The van der Waals surface area contributed by atoms with Crippen LogP contribution < -0.4 is 0 Å². The van der Waals surface area contributed by atoms with Crippen LogP contribution in [0.25, 0.3) is 0 Å². The summed E-state index contributed by atoms with van der Waals surface area (Å²) >= 11 is 0. The number of phosphoric acid groups is 2. The van der Waals surface area contributed by atoms with E-state index in [4.69, 9.17) is 27.1 Å². The quantitative estimate of drug-likeness (QED) is 0.105. The normalized spacial score (nSPS) is 34.5. The average molecular weight is 595 g/mol. The molecule has 222 valence electrons. The number of hydrogen-bond acceptors (Lipinski definition) is 8. The van der Waals surface area contributed by atoms with Crippen LogP contribution >= 0.6 is 15.6 Å². The summed E-state index contributed by atoms with van der Waals surface area (Å²) in [5.41, 5.74) is 7.05. The minimum absolute atomic E-state index is 0.208. The molecule has 0 aromatic heterocycles. The first-order chi connectivity index (χ1) is 18.8. The Kier molecular flexibility index (Phi) is 9.74. The van der Waals surface area contributed by atoms with Crippen molar-refractivity contribution >= 4 is 15.6 Å². The molecule has 0 amide bonds. The first kappa shape index (κ1) is 31.4. The van der Waals surface area contributed by atoms with E-state index in [9.17, 15) is 9.13 Å². The van der Waals surface area contributed by atoms with Crippen LogP contribution in [-0.2, 0) is 36.3 Å². The van der Waals surface area contributed by atoms with E-state index in [0.29, 0.717) is 12.0 Å². The zero-order valence-electron chi connectivity index (χ0n) is 24.9. The molecule has 0 aromatic rings. The summed E-state index contributed by atoms with van der Waals surface area (Å²) in [7, 11) is -6.98. The second-order valence-corrected chi connectivity index (χ2v) is 14.4. The van der Waals surface area contributed by atoms with Crippen molar-refractivity contribution in [1.82, 2.24) is 0 Å². The highest BCUT2D eigenvalue weighted by atomic mass is 31.2. The van der Waals surface area contributed by atoms with E-state index in [1.807, 2.05) is 6.92 Å². The topological polar surface area (TPSA) is 89.5 Å². The van der Waals surface area contributed by atoms with E-state index < -0.39 is 27.4 Å². The summed E-state index contributed by atoms with van der Waals surface area (Å²) in [5, 5.41) is 0. The minimum Gasteiger partial charge on any atom is -0.402 e. The Morgan fingerprint density at radius 2 is 1.05 bits per heavy atom. The van der Waals surface area contributed by atoms with E-state index in [-0.39, 0.29) is 5.76 Å². The summed E-state index contributed by atoms with van der Waals surface area (Å²) in [5.74, 6) is -2.63. The van der Waals surface area contributed by atoms with Crippen molar-refractivity contribution in [2.75, 3.05) is 0 Å². The van der Waals surface area contributed by atoms with E-state index in [1.165, 1.54) is 22.3 Å². The molecule has 6 saturated heterocycles. The van der Waals surface area contributed by atoms with Gasteiger partial charge in [0.05, 0.1) is 5.57 Å². The van der Waals surface area contributed by atoms with Gasteiger partial charge in [-0.2, -0.15) is 0 Å². The lowest BCUT2D eigenvalue weighted by Crippen LogP contribution is -2.58. The molecule has 8 nitrogen and oxygen atoms in total. The summed E-state index contributed by atoms with van der Waals surface area (Å²) < 4.78 is 56.0. The maximum atomic E-state index is 12.4. The van der Waals surface area contributed by atoms with Crippen LogP contribution in [0.1, 0.15) is 106 Å². The Hall–Kier alpha value is -1.50. The summed E-state index contributed by atoms with van der Waals surface area (Å²) in [6, 6.07) is 0. The van der Waals surface area contributed by atoms with Gasteiger partial charge in [-0.1, -0.05) is 58.2 Å². The molecule has 0 N–H and O–H groups in total. The second-order valence-electron chi connectivity index (χ2n) is 11.6. The lowest BCUT2D eigenvalue weighted by Gasteiger charge is -2.55. The number of rotatable bonds is 15. The van der Waals surface area contributed by atoms with Crippen LogP contribution in [0.3, 0.4) is 0 Å². The monoisotopic (exact) mass is 594 g/mol. The highest BCUT2D eigenvalue weighted by Gasteiger charge is 2.79. The van der Waals surface area contributed by atoms with Gasteiger partial charge in [-0.15, -0.1) is 0 Å². The van der Waals surface area contributed by atoms with E-state index in [2.05, 4.69) is 65.0 Å². The molecule has 6 fully saturated rings. The second kappa shape index (κ2) is 12.4. The minimum atomic E-state index is -3.61. The van der Waals surface area contributed by atoms with Gasteiger partial charge in [0.2, 0.25) is 0 Å². The van der Waals surface area contributed by atoms with Gasteiger partial charge in [0.15, 0.2) is 5.76 Å². The number of hydrogen-bond donors (Lipinski definition) is 0. The maximum Gasteiger partial charge on any atom is 0.535 e. The van der Waals surface area contributed by atoms with Crippen LogP contribution in [0.5, 0.6) is 0 Å². The summed E-state index contributed by atoms with van der Waals surface area (Å²) in [6.07, 6.45) is 20.3. The maximum absolute atomic E-state index is 12.4. The van der Waals surface area contributed by atoms with Gasteiger partial charge in [0.25, 0.3) is 5.79 Å². The van der Waals surface area contributed by atoms with E-state index >= 15 is 0 Å². The Labute approximate surface area is 239 Å². The molecule has 0 unspecified atom stereocenters. The third kappa shape index (κ3) is 7.28. The highest BCUT2D eigenvalue weighted by molar-refractivity contribution is 7.52. The predicted molar refractivity (Wildman–Crippen MR) is 156 cm³/mol. The first-order valence-electron chi connectivity index (χ1n) is 14.2. The molecule has 0 atom stereocenters. The Morgan fingerprint density at radius 1 is 0.600 bits per heavy atom. The molecule has 0 aromatic carbocycles. The summed E-state index contributed by atoms with van der Waals surface area (Å²) in [6.45, 7) is 14.5. The highest BCUT2D eigenvalue weighted by Crippen LogP contribution is 2.84. The number of unbranched alkanes of at least 4 members (excludes halogenated alkanes) is 1. The van der Waals surface area contributed by atoms with Gasteiger partial charge >= 0.3 is 21.6 Å².